The Hall–Kier alpha value is -3.00. The van der Waals surface area contributed by atoms with E-state index in [1.165, 1.54) is 28.9 Å². The van der Waals surface area contributed by atoms with Gasteiger partial charge in [-0.25, -0.2) is 13.1 Å². The molecule has 0 aliphatic heterocycles. The molecule has 1 heterocycles. The van der Waals surface area contributed by atoms with Crippen molar-refractivity contribution in [2.45, 2.75) is 24.8 Å². The van der Waals surface area contributed by atoms with E-state index in [9.17, 15) is 18.0 Å². The molecule has 0 spiro atoms. The fourth-order valence-electron chi connectivity index (χ4n) is 2.74. The third-order valence-corrected chi connectivity index (χ3v) is 5.19. The molecule has 0 saturated heterocycles. The van der Waals surface area contributed by atoms with Gasteiger partial charge < -0.3 is 5.32 Å². The van der Waals surface area contributed by atoms with Crippen molar-refractivity contribution in [3.63, 3.8) is 0 Å². The van der Waals surface area contributed by atoms with Crippen molar-refractivity contribution in [1.29, 1.82) is 0 Å². The lowest BCUT2D eigenvalue weighted by atomic mass is 10.1. The zero-order chi connectivity index (χ0) is 19.6. The topological polar surface area (TPSA) is 98.1 Å². The second-order valence-corrected chi connectivity index (χ2v) is 8.19. The minimum atomic E-state index is -3.31. The van der Waals surface area contributed by atoms with Crippen LogP contribution in [0, 0.1) is 0 Å². The van der Waals surface area contributed by atoms with E-state index >= 15 is 0 Å². The number of hydrogen-bond donors (Lipinski definition) is 1. The van der Waals surface area contributed by atoms with E-state index < -0.39 is 15.7 Å². The Morgan fingerprint density at radius 3 is 2.30 bits per heavy atom. The minimum Gasteiger partial charge on any atom is -0.321 e. The molecule has 0 unspecified atom stereocenters. The Balaban J connectivity index is 2.00. The number of nitrogens with zero attached hydrogens (tertiary/aromatic N) is 2. The second-order valence-electron chi connectivity index (χ2n) is 6.17. The summed E-state index contributed by atoms with van der Waals surface area (Å²) in [4.78, 5) is 25.4. The van der Waals surface area contributed by atoms with Gasteiger partial charge in [0.2, 0.25) is 0 Å². The van der Waals surface area contributed by atoms with Crippen molar-refractivity contribution in [2.24, 2.45) is 0 Å². The second kappa shape index (κ2) is 7.32. The Labute approximate surface area is 156 Å². The van der Waals surface area contributed by atoms with Crippen LogP contribution in [-0.4, -0.2) is 30.4 Å². The molecule has 3 aromatic rings. The number of rotatable bonds is 5. The summed E-state index contributed by atoms with van der Waals surface area (Å²) in [6.07, 6.45) is 1.83. The number of anilines is 1. The van der Waals surface area contributed by atoms with E-state index in [0.717, 1.165) is 6.26 Å². The molecule has 0 atom stereocenters. The molecule has 1 aromatic heterocycles. The van der Waals surface area contributed by atoms with E-state index in [1.54, 1.807) is 24.3 Å². The number of sulfone groups is 1. The van der Waals surface area contributed by atoms with E-state index in [1.807, 2.05) is 6.92 Å². The fraction of sp³-hybridized carbons (Fsp3) is 0.211. The quantitative estimate of drug-likeness (QED) is 0.727. The van der Waals surface area contributed by atoms with Gasteiger partial charge in [-0.05, 0) is 36.8 Å². The number of nitrogens with one attached hydrogen (secondary N) is 1. The van der Waals surface area contributed by atoms with Crippen molar-refractivity contribution >= 4 is 32.2 Å². The predicted octanol–water partition coefficient (Wildman–Crippen LogP) is 2.46. The summed E-state index contributed by atoms with van der Waals surface area (Å²) in [7, 11) is -3.31. The number of hydrogen-bond acceptors (Lipinski definition) is 5. The van der Waals surface area contributed by atoms with Crippen LogP contribution in [0.3, 0.4) is 0 Å². The molecule has 0 aliphatic rings. The fourth-order valence-corrected chi connectivity index (χ4v) is 3.37. The first kappa shape index (κ1) is 18.8. The summed E-state index contributed by atoms with van der Waals surface area (Å²) in [6.45, 7) is 2.33. The normalized spacial score (nSPS) is 11.5. The molecule has 140 valence electrons. The first-order valence-electron chi connectivity index (χ1n) is 8.42. The largest absolute Gasteiger partial charge is 0.321 e. The number of aryl methyl sites for hydroxylation is 1. The van der Waals surface area contributed by atoms with Crippen LogP contribution in [0.5, 0.6) is 0 Å². The summed E-state index contributed by atoms with van der Waals surface area (Å²) in [5.74, 6) is -0.469. The van der Waals surface area contributed by atoms with E-state index in [0.29, 0.717) is 29.4 Å². The Morgan fingerprint density at radius 1 is 1.07 bits per heavy atom. The van der Waals surface area contributed by atoms with Crippen molar-refractivity contribution in [2.75, 3.05) is 11.6 Å². The van der Waals surface area contributed by atoms with Gasteiger partial charge in [0.25, 0.3) is 11.5 Å². The molecule has 0 radical (unpaired) electrons. The third-order valence-electron chi connectivity index (χ3n) is 4.06. The van der Waals surface area contributed by atoms with Gasteiger partial charge >= 0.3 is 0 Å². The third kappa shape index (κ3) is 3.90. The summed E-state index contributed by atoms with van der Waals surface area (Å²) in [5, 5.41) is 7.85. The minimum absolute atomic E-state index is 0.144. The Kier molecular flexibility index (Phi) is 5.09. The monoisotopic (exact) mass is 385 g/mol. The highest BCUT2D eigenvalue weighted by Gasteiger charge is 2.17. The molecular formula is C19H19N3O4S. The maximum Gasteiger partial charge on any atom is 0.276 e. The van der Waals surface area contributed by atoms with Gasteiger partial charge in [0.05, 0.1) is 10.3 Å². The summed E-state index contributed by atoms with van der Waals surface area (Å²) < 4.78 is 24.4. The molecule has 7 nitrogen and oxygen atoms in total. The van der Waals surface area contributed by atoms with Crippen LogP contribution in [0.25, 0.3) is 10.8 Å². The van der Waals surface area contributed by atoms with Gasteiger partial charge in [0.1, 0.15) is 0 Å². The molecule has 1 amide bonds. The highest BCUT2D eigenvalue weighted by atomic mass is 32.2. The lowest BCUT2D eigenvalue weighted by Crippen LogP contribution is -2.27. The summed E-state index contributed by atoms with van der Waals surface area (Å²) in [6, 6.07) is 12.7. The molecule has 8 heteroatoms. The summed E-state index contributed by atoms with van der Waals surface area (Å²) >= 11 is 0. The lowest BCUT2D eigenvalue weighted by Gasteiger charge is -2.11. The standard InChI is InChI=1S/C19H19N3O4S/c1-3-12-22-19(24)16-7-5-4-6-15(16)17(21-22)18(23)20-13-8-10-14(11-9-13)27(2,25)26/h4-11H,3,12H2,1-2H3,(H,20,23). The number of carbonyl (C=O) groups is 1. The molecule has 0 fully saturated rings. The van der Waals surface area contributed by atoms with Crippen molar-refractivity contribution in [3.05, 3.63) is 64.6 Å². The number of carbonyl (C=O) groups excluding carboxylic acids is 1. The lowest BCUT2D eigenvalue weighted by molar-refractivity contribution is 0.102. The van der Waals surface area contributed by atoms with Gasteiger partial charge in [-0.1, -0.05) is 25.1 Å². The molecule has 3 rings (SSSR count). The van der Waals surface area contributed by atoms with Crippen molar-refractivity contribution < 1.29 is 13.2 Å². The Morgan fingerprint density at radius 2 is 1.70 bits per heavy atom. The van der Waals surface area contributed by atoms with Crippen LogP contribution in [0.2, 0.25) is 0 Å². The highest BCUT2D eigenvalue weighted by molar-refractivity contribution is 7.90. The van der Waals surface area contributed by atoms with Gasteiger partial charge in [-0.15, -0.1) is 0 Å². The zero-order valence-electron chi connectivity index (χ0n) is 15.0. The number of fused-ring (bicyclic) bond motifs is 1. The SMILES string of the molecule is CCCn1nc(C(=O)Nc2ccc(S(C)(=O)=O)cc2)c2ccccc2c1=O. The van der Waals surface area contributed by atoms with Crippen LogP contribution in [0.15, 0.2) is 58.2 Å². The van der Waals surface area contributed by atoms with E-state index in [4.69, 9.17) is 0 Å². The average Bonchev–Trinajstić information content (AvgIpc) is 2.64. The molecule has 1 N–H and O–H groups in total. The van der Waals surface area contributed by atoms with Gasteiger partial charge in [0.15, 0.2) is 15.5 Å². The zero-order valence-corrected chi connectivity index (χ0v) is 15.8. The summed E-state index contributed by atoms with van der Waals surface area (Å²) in [5.41, 5.74) is 0.346. The molecule has 27 heavy (non-hydrogen) atoms. The van der Waals surface area contributed by atoms with Gasteiger partial charge in [-0.3, -0.25) is 9.59 Å². The van der Waals surface area contributed by atoms with Crippen molar-refractivity contribution in [1.82, 2.24) is 9.78 Å². The van der Waals surface area contributed by atoms with Gasteiger partial charge in [-0.2, -0.15) is 5.10 Å². The van der Waals surface area contributed by atoms with E-state index in [-0.39, 0.29) is 16.1 Å². The van der Waals surface area contributed by atoms with E-state index in [2.05, 4.69) is 10.4 Å². The molecule has 0 saturated carbocycles. The first-order chi connectivity index (χ1) is 12.8. The number of aromatic nitrogens is 2. The van der Waals surface area contributed by atoms with Gasteiger partial charge in [0, 0.05) is 23.9 Å². The van der Waals surface area contributed by atoms with Crippen LogP contribution in [0.4, 0.5) is 5.69 Å². The molecule has 0 aliphatic carbocycles. The molecular weight excluding hydrogens is 366 g/mol. The highest BCUT2D eigenvalue weighted by Crippen LogP contribution is 2.17. The predicted molar refractivity (Wildman–Crippen MR) is 104 cm³/mol. The first-order valence-corrected chi connectivity index (χ1v) is 10.3. The number of benzene rings is 2. The van der Waals surface area contributed by atoms with Crippen LogP contribution in [0.1, 0.15) is 23.8 Å². The maximum absolute atomic E-state index is 12.8. The molecule has 2 aromatic carbocycles. The smallest absolute Gasteiger partial charge is 0.276 e. The number of amides is 1. The van der Waals surface area contributed by atoms with Crippen LogP contribution < -0.4 is 10.9 Å². The maximum atomic E-state index is 12.8. The Bertz CT molecular complexity index is 1170. The van der Waals surface area contributed by atoms with Crippen LogP contribution in [-0.2, 0) is 16.4 Å². The van der Waals surface area contributed by atoms with Crippen LogP contribution >= 0.6 is 0 Å². The van der Waals surface area contributed by atoms with Crippen molar-refractivity contribution in [3.8, 4) is 0 Å². The average molecular weight is 385 g/mol. The molecule has 0 bridgehead atoms.